The maximum absolute atomic E-state index is 5.92. The first-order valence-corrected chi connectivity index (χ1v) is 8.13. The Kier molecular flexibility index (Phi) is 3.67. The van der Waals surface area contributed by atoms with Crippen molar-refractivity contribution in [2.75, 3.05) is 5.73 Å². The van der Waals surface area contributed by atoms with Gasteiger partial charge in [-0.2, -0.15) is 0 Å². The van der Waals surface area contributed by atoms with Crippen LogP contribution in [0.1, 0.15) is 5.82 Å². The number of aromatic nitrogens is 3. The standard InChI is InChI=1S/C12H9BrN4S2/c13-8-2-1-4-15-12(8)19-6-9-16-10(14)7-3-5-18-11(7)17-9/h1-5H,6H2,(H2,14,16,17). The van der Waals surface area contributed by atoms with E-state index in [1.807, 2.05) is 23.6 Å². The molecule has 0 atom stereocenters. The molecule has 3 aromatic heterocycles. The van der Waals surface area contributed by atoms with Crippen molar-refractivity contribution >= 4 is 55.1 Å². The van der Waals surface area contributed by atoms with Gasteiger partial charge in [0.1, 0.15) is 21.5 Å². The van der Waals surface area contributed by atoms with Gasteiger partial charge in [-0.1, -0.05) is 11.8 Å². The quantitative estimate of drug-likeness (QED) is 0.727. The van der Waals surface area contributed by atoms with Gasteiger partial charge < -0.3 is 5.73 Å². The van der Waals surface area contributed by atoms with E-state index < -0.39 is 0 Å². The van der Waals surface area contributed by atoms with E-state index in [1.165, 1.54) is 0 Å². The van der Waals surface area contributed by atoms with Gasteiger partial charge in [0.2, 0.25) is 0 Å². The summed E-state index contributed by atoms with van der Waals surface area (Å²) in [5.74, 6) is 1.92. The van der Waals surface area contributed by atoms with Crippen molar-refractivity contribution in [3.05, 3.63) is 40.1 Å². The van der Waals surface area contributed by atoms with E-state index in [0.717, 1.165) is 25.5 Å². The summed E-state index contributed by atoms with van der Waals surface area (Å²) >= 11 is 6.63. The Labute approximate surface area is 126 Å². The van der Waals surface area contributed by atoms with Gasteiger partial charge in [-0.05, 0) is 39.5 Å². The number of hydrogen-bond donors (Lipinski definition) is 1. The number of thiophene rings is 1. The molecule has 0 bridgehead atoms. The molecule has 0 aliphatic heterocycles. The highest BCUT2D eigenvalue weighted by Crippen LogP contribution is 2.28. The highest BCUT2D eigenvalue weighted by atomic mass is 79.9. The second kappa shape index (κ2) is 5.44. The third-order valence-corrected chi connectivity index (χ3v) is 5.17. The molecule has 96 valence electrons. The van der Waals surface area contributed by atoms with Crippen molar-refractivity contribution in [1.29, 1.82) is 0 Å². The molecular formula is C12H9BrN4S2. The molecule has 0 radical (unpaired) electrons. The molecule has 0 aliphatic rings. The van der Waals surface area contributed by atoms with E-state index in [2.05, 4.69) is 30.9 Å². The average molecular weight is 353 g/mol. The van der Waals surface area contributed by atoms with Gasteiger partial charge in [0, 0.05) is 10.7 Å². The summed E-state index contributed by atoms with van der Waals surface area (Å²) in [6.45, 7) is 0. The summed E-state index contributed by atoms with van der Waals surface area (Å²) < 4.78 is 0.977. The van der Waals surface area contributed by atoms with Crippen molar-refractivity contribution in [3.8, 4) is 0 Å². The minimum Gasteiger partial charge on any atom is -0.383 e. The number of rotatable bonds is 3. The predicted octanol–water partition coefficient (Wildman–Crippen LogP) is 3.72. The van der Waals surface area contributed by atoms with E-state index >= 15 is 0 Å². The zero-order chi connectivity index (χ0) is 13.2. The molecule has 0 fully saturated rings. The number of thioether (sulfide) groups is 1. The Morgan fingerprint density at radius 3 is 3.05 bits per heavy atom. The molecule has 4 nitrogen and oxygen atoms in total. The number of hydrogen-bond acceptors (Lipinski definition) is 6. The second-order valence-electron chi connectivity index (χ2n) is 3.74. The molecule has 0 aliphatic carbocycles. The van der Waals surface area contributed by atoms with Gasteiger partial charge in [0.25, 0.3) is 0 Å². The molecule has 3 aromatic rings. The van der Waals surface area contributed by atoms with Crippen LogP contribution >= 0.6 is 39.0 Å². The fourth-order valence-electron chi connectivity index (χ4n) is 1.60. The van der Waals surface area contributed by atoms with Crippen molar-refractivity contribution in [2.24, 2.45) is 0 Å². The molecule has 0 amide bonds. The van der Waals surface area contributed by atoms with E-state index in [9.17, 15) is 0 Å². The Hall–Kier alpha value is -1.18. The van der Waals surface area contributed by atoms with Crippen LogP contribution in [0.4, 0.5) is 5.82 Å². The summed E-state index contributed by atoms with van der Waals surface area (Å²) in [4.78, 5) is 14.1. The number of halogens is 1. The molecule has 0 unspecified atom stereocenters. The lowest BCUT2D eigenvalue weighted by Crippen LogP contribution is -1.98. The zero-order valence-corrected chi connectivity index (χ0v) is 12.9. The molecule has 19 heavy (non-hydrogen) atoms. The van der Waals surface area contributed by atoms with Crippen molar-refractivity contribution in [1.82, 2.24) is 15.0 Å². The summed E-state index contributed by atoms with van der Waals surface area (Å²) in [6.07, 6.45) is 1.77. The van der Waals surface area contributed by atoms with Crippen molar-refractivity contribution in [2.45, 2.75) is 10.8 Å². The predicted molar refractivity (Wildman–Crippen MR) is 83.3 cm³/mol. The van der Waals surface area contributed by atoms with Crippen LogP contribution in [-0.4, -0.2) is 15.0 Å². The molecule has 2 N–H and O–H groups in total. The lowest BCUT2D eigenvalue weighted by Gasteiger charge is -2.03. The fraction of sp³-hybridized carbons (Fsp3) is 0.0833. The van der Waals surface area contributed by atoms with Crippen molar-refractivity contribution in [3.63, 3.8) is 0 Å². The van der Waals surface area contributed by atoms with E-state index in [-0.39, 0.29) is 0 Å². The Bertz CT molecular complexity index is 729. The third kappa shape index (κ3) is 2.72. The molecule has 7 heteroatoms. The largest absolute Gasteiger partial charge is 0.383 e. The van der Waals surface area contributed by atoms with Crippen LogP contribution in [0.3, 0.4) is 0 Å². The molecular weight excluding hydrogens is 344 g/mol. The monoisotopic (exact) mass is 352 g/mol. The van der Waals surface area contributed by atoms with E-state index in [1.54, 1.807) is 29.3 Å². The van der Waals surface area contributed by atoms with Crippen LogP contribution in [0.5, 0.6) is 0 Å². The summed E-state index contributed by atoms with van der Waals surface area (Å²) in [6, 6.07) is 5.80. The maximum atomic E-state index is 5.92. The van der Waals surface area contributed by atoms with Gasteiger partial charge in [-0.25, -0.2) is 15.0 Å². The molecule has 0 saturated carbocycles. The number of pyridine rings is 1. The minimum absolute atomic E-state index is 0.543. The normalized spacial score (nSPS) is 11.0. The Balaban J connectivity index is 1.84. The number of fused-ring (bicyclic) bond motifs is 1. The highest BCUT2D eigenvalue weighted by molar-refractivity contribution is 9.10. The van der Waals surface area contributed by atoms with Crippen LogP contribution in [0.25, 0.3) is 10.2 Å². The lowest BCUT2D eigenvalue weighted by atomic mass is 10.4. The Morgan fingerprint density at radius 2 is 2.21 bits per heavy atom. The van der Waals surface area contributed by atoms with Gasteiger partial charge >= 0.3 is 0 Å². The third-order valence-electron chi connectivity index (χ3n) is 2.46. The summed E-state index contributed by atoms with van der Waals surface area (Å²) in [5.41, 5.74) is 5.92. The van der Waals surface area contributed by atoms with Crippen molar-refractivity contribution < 1.29 is 0 Å². The van der Waals surface area contributed by atoms with Crippen LogP contribution < -0.4 is 5.73 Å². The molecule has 0 saturated heterocycles. The zero-order valence-electron chi connectivity index (χ0n) is 9.71. The minimum atomic E-state index is 0.543. The van der Waals surface area contributed by atoms with Gasteiger partial charge in [-0.15, -0.1) is 11.3 Å². The van der Waals surface area contributed by atoms with Gasteiger partial charge in [-0.3, -0.25) is 0 Å². The second-order valence-corrected chi connectivity index (χ2v) is 6.46. The summed E-state index contributed by atoms with van der Waals surface area (Å²) in [7, 11) is 0. The fourth-order valence-corrected chi connectivity index (χ4v) is 3.72. The first-order valence-electron chi connectivity index (χ1n) is 5.47. The average Bonchev–Trinajstić information content (AvgIpc) is 2.87. The first-order chi connectivity index (χ1) is 9.24. The smallest absolute Gasteiger partial charge is 0.142 e. The first kappa shape index (κ1) is 12.8. The van der Waals surface area contributed by atoms with E-state index in [0.29, 0.717) is 11.6 Å². The van der Waals surface area contributed by atoms with Gasteiger partial charge in [0.05, 0.1) is 11.1 Å². The highest BCUT2D eigenvalue weighted by Gasteiger charge is 2.08. The van der Waals surface area contributed by atoms with Crippen LogP contribution in [0, 0.1) is 0 Å². The number of anilines is 1. The Morgan fingerprint density at radius 1 is 1.32 bits per heavy atom. The maximum Gasteiger partial charge on any atom is 0.142 e. The van der Waals surface area contributed by atoms with Gasteiger partial charge in [0.15, 0.2) is 0 Å². The molecule has 3 heterocycles. The number of nitrogen functional groups attached to an aromatic ring is 1. The summed E-state index contributed by atoms with van der Waals surface area (Å²) in [5, 5.41) is 3.83. The molecule has 3 rings (SSSR count). The van der Waals surface area contributed by atoms with Crippen LogP contribution in [0.15, 0.2) is 39.3 Å². The molecule has 0 aromatic carbocycles. The van der Waals surface area contributed by atoms with Crippen LogP contribution in [0.2, 0.25) is 0 Å². The lowest BCUT2D eigenvalue weighted by molar-refractivity contribution is 1.06. The number of nitrogens with zero attached hydrogens (tertiary/aromatic N) is 3. The topological polar surface area (TPSA) is 64.7 Å². The number of nitrogens with two attached hydrogens (primary N) is 1. The van der Waals surface area contributed by atoms with E-state index in [4.69, 9.17) is 5.73 Å². The SMILES string of the molecule is Nc1nc(CSc2ncccc2Br)nc2sccc12. The van der Waals surface area contributed by atoms with Crippen LogP contribution in [-0.2, 0) is 5.75 Å². The molecule has 0 spiro atoms.